The highest BCUT2D eigenvalue weighted by Crippen LogP contribution is 2.43. The third kappa shape index (κ3) is 3.39. The van der Waals surface area contributed by atoms with E-state index in [0.717, 1.165) is 11.1 Å². The summed E-state index contributed by atoms with van der Waals surface area (Å²) in [7, 11) is 1.61. The van der Waals surface area contributed by atoms with Gasteiger partial charge in [0.1, 0.15) is 11.4 Å². The first-order valence-electron chi connectivity index (χ1n) is 9.43. The summed E-state index contributed by atoms with van der Waals surface area (Å²) in [6.45, 7) is 1.01. The van der Waals surface area contributed by atoms with Crippen LogP contribution in [0.4, 0.5) is 5.69 Å². The fourth-order valence-electron chi connectivity index (χ4n) is 3.77. The van der Waals surface area contributed by atoms with Gasteiger partial charge in [0.25, 0.3) is 11.6 Å². The number of fused-ring (bicyclic) bond motifs is 1. The standard InChI is InChI=1S/C21H20N4O5/c1-30-12-2-11-24-20(14-5-9-16(26)10-6-14)17-18(22-23-19(17)21(24)27)13-3-7-15(8-4-13)25(28)29/h3-10,20,26H,2,11-12H2,1H3,(H,22,23). The van der Waals surface area contributed by atoms with E-state index in [-0.39, 0.29) is 17.3 Å². The van der Waals surface area contributed by atoms with E-state index in [2.05, 4.69) is 10.2 Å². The minimum absolute atomic E-state index is 0.0155. The number of hydrogen-bond donors (Lipinski definition) is 2. The smallest absolute Gasteiger partial charge is 0.273 e. The minimum Gasteiger partial charge on any atom is -0.508 e. The predicted octanol–water partition coefficient (Wildman–Crippen LogP) is 3.27. The highest BCUT2D eigenvalue weighted by Gasteiger charge is 2.41. The number of aromatic nitrogens is 2. The monoisotopic (exact) mass is 408 g/mol. The second-order valence-corrected chi connectivity index (χ2v) is 7.00. The van der Waals surface area contributed by atoms with Gasteiger partial charge in [-0.25, -0.2) is 0 Å². The maximum atomic E-state index is 13.1. The molecule has 3 aromatic rings. The average Bonchev–Trinajstić information content (AvgIpc) is 3.29. The lowest BCUT2D eigenvalue weighted by atomic mass is 9.96. The zero-order valence-electron chi connectivity index (χ0n) is 16.2. The molecule has 0 radical (unpaired) electrons. The molecule has 0 saturated heterocycles. The molecule has 9 heteroatoms. The summed E-state index contributed by atoms with van der Waals surface area (Å²) in [6.07, 6.45) is 0.668. The molecule has 0 saturated carbocycles. The van der Waals surface area contributed by atoms with Crippen molar-refractivity contribution >= 4 is 11.6 Å². The number of non-ortho nitro benzene ring substituents is 1. The summed E-state index contributed by atoms with van der Waals surface area (Å²) >= 11 is 0. The number of nitro groups is 1. The van der Waals surface area contributed by atoms with Gasteiger partial charge in [-0.05, 0) is 36.2 Å². The maximum absolute atomic E-state index is 13.1. The second-order valence-electron chi connectivity index (χ2n) is 7.00. The van der Waals surface area contributed by atoms with Crippen LogP contribution >= 0.6 is 0 Å². The van der Waals surface area contributed by atoms with Crippen molar-refractivity contribution in [1.29, 1.82) is 0 Å². The van der Waals surface area contributed by atoms with Gasteiger partial charge in [-0.1, -0.05) is 12.1 Å². The first-order valence-corrected chi connectivity index (χ1v) is 9.43. The maximum Gasteiger partial charge on any atom is 0.273 e. The van der Waals surface area contributed by atoms with Crippen molar-refractivity contribution in [2.24, 2.45) is 0 Å². The highest BCUT2D eigenvalue weighted by atomic mass is 16.6. The summed E-state index contributed by atoms with van der Waals surface area (Å²) in [5.74, 6) is -0.0307. The number of nitro benzene ring substituents is 1. The Morgan fingerprint density at radius 3 is 2.53 bits per heavy atom. The second kappa shape index (κ2) is 7.96. The van der Waals surface area contributed by atoms with E-state index in [4.69, 9.17) is 4.74 Å². The zero-order valence-corrected chi connectivity index (χ0v) is 16.2. The minimum atomic E-state index is -0.459. The summed E-state index contributed by atoms with van der Waals surface area (Å²) in [4.78, 5) is 25.4. The van der Waals surface area contributed by atoms with Crippen LogP contribution in [0.15, 0.2) is 48.5 Å². The molecular formula is C21H20N4O5. The molecule has 9 nitrogen and oxygen atoms in total. The van der Waals surface area contributed by atoms with Crippen LogP contribution in [-0.4, -0.2) is 51.3 Å². The van der Waals surface area contributed by atoms with E-state index in [1.165, 1.54) is 12.1 Å². The number of phenolic OH excluding ortho intramolecular Hbond substituents is 1. The van der Waals surface area contributed by atoms with E-state index in [1.54, 1.807) is 48.4 Å². The predicted molar refractivity (Wildman–Crippen MR) is 108 cm³/mol. The van der Waals surface area contributed by atoms with Crippen LogP contribution < -0.4 is 0 Å². The number of H-pyrrole nitrogens is 1. The fourth-order valence-corrected chi connectivity index (χ4v) is 3.77. The number of nitrogens with zero attached hydrogens (tertiary/aromatic N) is 3. The topological polar surface area (TPSA) is 122 Å². The molecule has 1 aliphatic rings. The lowest BCUT2D eigenvalue weighted by Gasteiger charge is -2.26. The molecule has 1 atom stereocenters. The van der Waals surface area contributed by atoms with E-state index in [9.17, 15) is 20.0 Å². The molecule has 1 aliphatic heterocycles. The van der Waals surface area contributed by atoms with E-state index in [0.29, 0.717) is 36.5 Å². The molecule has 4 rings (SSSR count). The van der Waals surface area contributed by atoms with Crippen LogP contribution in [0.1, 0.15) is 34.1 Å². The van der Waals surface area contributed by atoms with Crippen molar-refractivity contribution < 1.29 is 19.6 Å². The van der Waals surface area contributed by atoms with Crippen molar-refractivity contribution in [3.8, 4) is 17.0 Å². The summed E-state index contributed by atoms with van der Waals surface area (Å²) in [6, 6.07) is 12.4. The Kier molecular flexibility index (Phi) is 5.20. The van der Waals surface area contributed by atoms with Crippen LogP contribution in [0.2, 0.25) is 0 Å². The van der Waals surface area contributed by atoms with Crippen molar-refractivity contribution in [3.05, 3.63) is 75.5 Å². The van der Waals surface area contributed by atoms with Crippen LogP contribution in [0.5, 0.6) is 5.75 Å². The van der Waals surface area contributed by atoms with E-state index in [1.807, 2.05) is 0 Å². The summed E-state index contributed by atoms with van der Waals surface area (Å²) in [5.41, 5.74) is 3.19. The van der Waals surface area contributed by atoms with Crippen molar-refractivity contribution in [3.63, 3.8) is 0 Å². The average molecular weight is 408 g/mol. The van der Waals surface area contributed by atoms with Gasteiger partial charge in [0, 0.05) is 43.5 Å². The molecule has 2 N–H and O–H groups in total. The lowest BCUT2D eigenvalue weighted by molar-refractivity contribution is -0.384. The first-order chi connectivity index (χ1) is 14.5. The van der Waals surface area contributed by atoms with Gasteiger partial charge in [-0.15, -0.1) is 0 Å². The van der Waals surface area contributed by atoms with Crippen molar-refractivity contribution in [2.75, 3.05) is 20.3 Å². The number of benzene rings is 2. The van der Waals surface area contributed by atoms with Gasteiger partial charge in [0.2, 0.25) is 0 Å². The number of rotatable bonds is 7. The number of hydrogen-bond acceptors (Lipinski definition) is 6. The van der Waals surface area contributed by atoms with Crippen LogP contribution in [0, 0.1) is 10.1 Å². The number of carbonyl (C=O) groups excluding carboxylic acids is 1. The molecule has 30 heavy (non-hydrogen) atoms. The van der Waals surface area contributed by atoms with Crippen molar-refractivity contribution in [2.45, 2.75) is 12.5 Å². The molecule has 0 fully saturated rings. The number of carbonyl (C=O) groups is 1. The Morgan fingerprint density at radius 2 is 1.90 bits per heavy atom. The normalized spacial score (nSPS) is 15.4. The Balaban J connectivity index is 1.79. The highest BCUT2D eigenvalue weighted by molar-refractivity contribution is 6.00. The summed E-state index contributed by atoms with van der Waals surface area (Å²) < 4.78 is 5.13. The Morgan fingerprint density at radius 1 is 1.20 bits per heavy atom. The van der Waals surface area contributed by atoms with Gasteiger partial charge < -0.3 is 14.7 Å². The molecule has 154 valence electrons. The zero-order chi connectivity index (χ0) is 21.3. The lowest BCUT2D eigenvalue weighted by Crippen LogP contribution is -2.31. The number of aromatic hydroxyl groups is 1. The first kappa shape index (κ1) is 19.6. The summed E-state index contributed by atoms with van der Waals surface area (Å²) in [5, 5.41) is 27.8. The number of phenols is 1. The number of ether oxygens (including phenoxy) is 1. The Labute approximate surface area is 172 Å². The fraction of sp³-hybridized carbons (Fsp3) is 0.238. The molecule has 0 spiro atoms. The molecule has 1 aromatic heterocycles. The van der Waals surface area contributed by atoms with Gasteiger partial charge >= 0.3 is 0 Å². The van der Waals surface area contributed by atoms with Crippen molar-refractivity contribution in [1.82, 2.24) is 15.1 Å². The van der Waals surface area contributed by atoms with Gasteiger partial charge in [0.05, 0.1) is 16.7 Å². The number of amides is 1. The van der Waals surface area contributed by atoms with E-state index >= 15 is 0 Å². The SMILES string of the molecule is COCCCN1C(=O)c2[nH]nc(-c3ccc([N+](=O)[O-])cc3)c2C1c1ccc(O)cc1. The third-order valence-electron chi connectivity index (χ3n) is 5.17. The van der Waals surface area contributed by atoms with Crippen LogP contribution in [0.25, 0.3) is 11.3 Å². The Bertz CT molecular complexity index is 1080. The molecule has 2 heterocycles. The third-order valence-corrected chi connectivity index (χ3v) is 5.17. The molecule has 0 aliphatic carbocycles. The van der Waals surface area contributed by atoms with Crippen LogP contribution in [-0.2, 0) is 4.74 Å². The molecule has 0 bridgehead atoms. The van der Waals surface area contributed by atoms with E-state index < -0.39 is 11.0 Å². The number of nitrogens with one attached hydrogen (secondary N) is 1. The van der Waals surface area contributed by atoms with Gasteiger partial charge in [-0.2, -0.15) is 5.10 Å². The quantitative estimate of drug-likeness (QED) is 0.351. The van der Waals surface area contributed by atoms with Crippen LogP contribution in [0.3, 0.4) is 0 Å². The number of aromatic amines is 1. The molecule has 1 unspecified atom stereocenters. The molecule has 2 aromatic carbocycles. The Hall–Kier alpha value is -3.72. The number of methoxy groups -OCH3 is 1. The largest absolute Gasteiger partial charge is 0.508 e. The van der Waals surface area contributed by atoms with Gasteiger partial charge in [0.15, 0.2) is 0 Å². The molecule has 1 amide bonds. The van der Waals surface area contributed by atoms with Gasteiger partial charge in [-0.3, -0.25) is 20.0 Å². The molecular weight excluding hydrogens is 388 g/mol.